The van der Waals surface area contributed by atoms with Crippen LogP contribution in [0.3, 0.4) is 0 Å². The average Bonchev–Trinajstić information content (AvgIpc) is 2.95. The van der Waals surface area contributed by atoms with Gasteiger partial charge in [-0.05, 0) is 19.0 Å². The highest BCUT2D eigenvalue weighted by molar-refractivity contribution is 7.09. The Hall–Kier alpha value is -1.20. The van der Waals surface area contributed by atoms with Crippen LogP contribution in [0, 0.1) is 0 Å². The zero-order valence-corrected chi connectivity index (χ0v) is 11.1. The largest absolute Gasteiger partial charge is 0.308 e. The molecular weight excluding hydrogens is 232 g/mol. The minimum atomic E-state index is 0.266. The second-order valence-electron chi connectivity index (χ2n) is 4.05. The minimum Gasteiger partial charge on any atom is -0.308 e. The van der Waals surface area contributed by atoms with Crippen LogP contribution in [-0.4, -0.2) is 21.3 Å². The molecule has 0 radical (unpaired) electrons. The maximum absolute atomic E-state index is 4.48. The van der Waals surface area contributed by atoms with Crippen molar-refractivity contribution < 1.29 is 0 Å². The Kier molecular flexibility index (Phi) is 4.28. The van der Waals surface area contributed by atoms with Crippen molar-refractivity contribution in [3.8, 4) is 0 Å². The molecule has 1 atom stereocenters. The summed E-state index contributed by atoms with van der Waals surface area (Å²) < 4.78 is 1.85. The van der Waals surface area contributed by atoms with E-state index in [9.17, 15) is 0 Å². The molecule has 0 amide bonds. The molecule has 1 N–H and O–H groups in total. The van der Waals surface area contributed by atoms with Crippen LogP contribution in [0.4, 0.5) is 0 Å². The maximum Gasteiger partial charge on any atom is 0.0944 e. The van der Waals surface area contributed by atoms with Crippen LogP contribution in [0.15, 0.2) is 23.8 Å². The Morgan fingerprint density at radius 2 is 2.41 bits per heavy atom. The first-order valence-corrected chi connectivity index (χ1v) is 6.79. The smallest absolute Gasteiger partial charge is 0.0944 e. The molecule has 92 valence electrons. The van der Waals surface area contributed by atoms with E-state index in [2.05, 4.69) is 28.4 Å². The number of aromatic nitrogens is 3. The molecule has 2 rings (SSSR count). The summed E-state index contributed by atoms with van der Waals surface area (Å²) in [7, 11) is 1.95. The molecule has 2 heterocycles. The molecule has 0 aliphatic carbocycles. The van der Waals surface area contributed by atoms with Gasteiger partial charge in [0.05, 0.1) is 16.7 Å². The van der Waals surface area contributed by atoms with E-state index in [-0.39, 0.29) is 6.04 Å². The lowest BCUT2D eigenvalue weighted by atomic mass is 10.1. The van der Waals surface area contributed by atoms with E-state index in [4.69, 9.17) is 0 Å². The maximum atomic E-state index is 4.48. The van der Waals surface area contributed by atoms with Crippen molar-refractivity contribution in [2.75, 3.05) is 6.54 Å². The summed E-state index contributed by atoms with van der Waals surface area (Å²) in [6.45, 7) is 3.18. The second-order valence-corrected chi connectivity index (χ2v) is 5.03. The molecule has 0 aliphatic rings. The molecule has 4 nitrogen and oxygen atoms in total. The highest BCUT2D eigenvalue weighted by Crippen LogP contribution is 2.18. The number of rotatable bonds is 6. The van der Waals surface area contributed by atoms with Crippen LogP contribution in [0.2, 0.25) is 0 Å². The fourth-order valence-corrected chi connectivity index (χ4v) is 2.41. The van der Waals surface area contributed by atoms with Crippen LogP contribution < -0.4 is 5.32 Å². The SMILES string of the molecule is CCCNC(Cc1nccs1)c1ccn(C)n1. The molecular formula is C12H18N4S. The molecule has 0 aromatic carbocycles. The van der Waals surface area contributed by atoms with Gasteiger partial charge in [0.2, 0.25) is 0 Å². The number of hydrogen-bond acceptors (Lipinski definition) is 4. The molecule has 0 saturated heterocycles. The Balaban J connectivity index is 2.07. The van der Waals surface area contributed by atoms with Gasteiger partial charge in [-0.2, -0.15) is 5.10 Å². The molecule has 17 heavy (non-hydrogen) atoms. The third-order valence-corrected chi connectivity index (χ3v) is 3.40. The predicted octanol–water partition coefficient (Wildman–Crippen LogP) is 2.16. The van der Waals surface area contributed by atoms with E-state index in [1.807, 2.05) is 29.5 Å². The zero-order valence-electron chi connectivity index (χ0n) is 10.3. The number of thiazole rings is 1. The van der Waals surface area contributed by atoms with Gasteiger partial charge in [0.1, 0.15) is 0 Å². The number of nitrogens with zero attached hydrogens (tertiary/aromatic N) is 3. The Morgan fingerprint density at radius 3 is 3.00 bits per heavy atom. The Bertz CT molecular complexity index is 435. The van der Waals surface area contributed by atoms with Gasteiger partial charge in [-0.25, -0.2) is 4.98 Å². The standard InChI is InChI=1S/C12H18N4S/c1-3-5-13-11(9-12-14-6-8-17-12)10-4-7-16(2)15-10/h4,6-8,11,13H,3,5,9H2,1-2H3. The first-order valence-electron chi connectivity index (χ1n) is 5.91. The average molecular weight is 250 g/mol. The molecule has 0 fully saturated rings. The van der Waals surface area contributed by atoms with Crippen LogP contribution in [0.25, 0.3) is 0 Å². The van der Waals surface area contributed by atoms with Gasteiger partial charge in [-0.15, -0.1) is 11.3 Å². The van der Waals surface area contributed by atoms with Gasteiger partial charge in [0.25, 0.3) is 0 Å². The Labute approximate surface area is 106 Å². The lowest BCUT2D eigenvalue weighted by Gasteiger charge is -2.14. The monoisotopic (exact) mass is 250 g/mol. The topological polar surface area (TPSA) is 42.7 Å². The molecule has 2 aromatic heterocycles. The molecule has 0 aliphatic heterocycles. The summed E-state index contributed by atoms with van der Waals surface area (Å²) >= 11 is 1.70. The third kappa shape index (κ3) is 3.38. The summed E-state index contributed by atoms with van der Waals surface area (Å²) in [6.07, 6.45) is 5.88. The normalized spacial score (nSPS) is 12.8. The summed E-state index contributed by atoms with van der Waals surface area (Å²) in [5.74, 6) is 0. The van der Waals surface area contributed by atoms with Crippen molar-refractivity contribution in [2.24, 2.45) is 7.05 Å². The van der Waals surface area contributed by atoms with Crippen molar-refractivity contribution in [1.29, 1.82) is 0 Å². The van der Waals surface area contributed by atoms with E-state index in [1.165, 1.54) is 0 Å². The number of nitrogens with one attached hydrogen (secondary N) is 1. The van der Waals surface area contributed by atoms with Gasteiger partial charge < -0.3 is 5.32 Å². The lowest BCUT2D eigenvalue weighted by Crippen LogP contribution is -2.24. The van der Waals surface area contributed by atoms with Gasteiger partial charge >= 0.3 is 0 Å². The van der Waals surface area contributed by atoms with Crippen molar-refractivity contribution >= 4 is 11.3 Å². The van der Waals surface area contributed by atoms with Gasteiger partial charge in [0, 0.05) is 31.2 Å². The first kappa shape index (κ1) is 12.3. The minimum absolute atomic E-state index is 0.266. The summed E-state index contributed by atoms with van der Waals surface area (Å²) in [5, 5.41) is 11.2. The number of hydrogen-bond donors (Lipinski definition) is 1. The fraction of sp³-hybridized carbons (Fsp3) is 0.500. The van der Waals surface area contributed by atoms with Crippen LogP contribution in [0.5, 0.6) is 0 Å². The summed E-state index contributed by atoms with van der Waals surface area (Å²) in [5.41, 5.74) is 1.09. The van der Waals surface area contributed by atoms with E-state index < -0.39 is 0 Å². The summed E-state index contributed by atoms with van der Waals surface area (Å²) in [6, 6.07) is 2.34. The van der Waals surface area contributed by atoms with Gasteiger partial charge in [0.15, 0.2) is 0 Å². The summed E-state index contributed by atoms with van der Waals surface area (Å²) in [4.78, 5) is 4.34. The van der Waals surface area contributed by atoms with E-state index in [0.717, 1.165) is 30.1 Å². The molecule has 0 saturated carbocycles. The Morgan fingerprint density at radius 1 is 1.53 bits per heavy atom. The zero-order chi connectivity index (χ0) is 12.1. The molecule has 0 bridgehead atoms. The lowest BCUT2D eigenvalue weighted by molar-refractivity contribution is 0.510. The third-order valence-electron chi connectivity index (χ3n) is 2.59. The predicted molar refractivity (Wildman–Crippen MR) is 70.1 cm³/mol. The van der Waals surface area contributed by atoms with Crippen LogP contribution >= 0.6 is 11.3 Å². The molecule has 5 heteroatoms. The molecule has 1 unspecified atom stereocenters. The fourth-order valence-electron chi connectivity index (χ4n) is 1.75. The van der Waals surface area contributed by atoms with Crippen LogP contribution in [-0.2, 0) is 13.5 Å². The second kappa shape index (κ2) is 5.93. The quantitative estimate of drug-likeness (QED) is 0.854. The first-order chi connectivity index (χ1) is 8.29. The van der Waals surface area contributed by atoms with E-state index >= 15 is 0 Å². The van der Waals surface area contributed by atoms with E-state index in [1.54, 1.807) is 11.3 Å². The van der Waals surface area contributed by atoms with Crippen molar-refractivity contribution in [3.05, 3.63) is 34.5 Å². The molecule has 2 aromatic rings. The van der Waals surface area contributed by atoms with Crippen molar-refractivity contribution in [1.82, 2.24) is 20.1 Å². The van der Waals surface area contributed by atoms with E-state index in [0.29, 0.717) is 0 Å². The molecule has 0 spiro atoms. The highest BCUT2D eigenvalue weighted by atomic mass is 32.1. The van der Waals surface area contributed by atoms with Crippen molar-refractivity contribution in [3.63, 3.8) is 0 Å². The van der Waals surface area contributed by atoms with Gasteiger partial charge in [-0.3, -0.25) is 4.68 Å². The van der Waals surface area contributed by atoms with Crippen molar-refractivity contribution in [2.45, 2.75) is 25.8 Å². The highest BCUT2D eigenvalue weighted by Gasteiger charge is 2.15. The van der Waals surface area contributed by atoms with Crippen LogP contribution in [0.1, 0.15) is 30.1 Å². The van der Waals surface area contributed by atoms with Gasteiger partial charge in [-0.1, -0.05) is 6.92 Å². The number of aryl methyl sites for hydroxylation is 1.